The Morgan fingerprint density at radius 2 is 2.05 bits per heavy atom. The third-order valence-corrected chi connectivity index (χ3v) is 4.06. The zero-order valence-electron chi connectivity index (χ0n) is 10.6. The Morgan fingerprint density at radius 1 is 1.21 bits per heavy atom. The summed E-state index contributed by atoms with van der Waals surface area (Å²) in [6.45, 7) is 0.690. The number of aryl methyl sites for hydroxylation is 1. The van der Waals surface area contributed by atoms with E-state index in [4.69, 9.17) is 11.6 Å². The van der Waals surface area contributed by atoms with Crippen molar-refractivity contribution in [1.82, 2.24) is 5.32 Å². The molecule has 1 amide bonds. The lowest BCUT2D eigenvalue weighted by molar-refractivity contribution is -0.120. The Labute approximate surface area is 122 Å². The van der Waals surface area contributed by atoms with Crippen molar-refractivity contribution in [2.24, 2.45) is 0 Å². The van der Waals surface area contributed by atoms with Crippen LogP contribution in [0.4, 0.5) is 0 Å². The van der Waals surface area contributed by atoms with Gasteiger partial charge in [-0.05, 0) is 35.9 Å². The van der Waals surface area contributed by atoms with Crippen LogP contribution in [0.2, 0.25) is 5.02 Å². The molecule has 100 valence electrons. The van der Waals surface area contributed by atoms with E-state index in [2.05, 4.69) is 5.32 Å². The summed E-state index contributed by atoms with van der Waals surface area (Å²) in [4.78, 5) is 12.8. The maximum absolute atomic E-state index is 11.7. The summed E-state index contributed by atoms with van der Waals surface area (Å²) in [5.41, 5.74) is 1.14. The normalized spacial score (nSPS) is 10.4. The van der Waals surface area contributed by atoms with E-state index in [9.17, 15) is 4.79 Å². The first-order chi connectivity index (χ1) is 9.25. The lowest BCUT2D eigenvalue weighted by atomic mass is 10.1. The van der Waals surface area contributed by atoms with Gasteiger partial charge in [0.1, 0.15) is 0 Å². The SMILES string of the molecule is O=C(Cc1cccs1)NCCCc1ccccc1Cl. The van der Waals surface area contributed by atoms with E-state index in [0.29, 0.717) is 13.0 Å². The fraction of sp³-hybridized carbons (Fsp3) is 0.267. The number of hydrogen-bond donors (Lipinski definition) is 1. The lowest BCUT2D eigenvalue weighted by Gasteiger charge is -2.06. The molecule has 0 fully saturated rings. The van der Waals surface area contributed by atoms with E-state index < -0.39 is 0 Å². The molecule has 0 saturated heterocycles. The molecule has 1 aromatic carbocycles. The third-order valence-electron chi connectivity index (χ3n) is 2.82. The maximum atomic E-state index is 11.7. The van der Waals surface area contributed by atoms with Crippen molar-refractivity contribution in [3.63, 3.8) is 0 Å². The third kappa shape index (κ3) is 4.69. The molecular formula is C15H16ClNOS. The molecular weight excluding hydrogens is 278 g/mol. The number of halogens is 1. The molecule has 0 aliphatic heterocycles. The van der Waals surface area contributed by atoms with Crippen LogP contribution in [-0.2, 0) is 17.6 Å². The number of hydrogen-bond acceptors (Lipinski definition) is 2. The Kier molecular flexibility index (Phi) is 5.43. The van der Waals surface area contributed by atoms with Crippen molar-refractivity contribution < 1.29 is 4.79 Å². The van der Waals surface area contributed by atoms with Crippen molar-refractivity contribution in [3.05, 3.63) is 57.2 Å². The summed E-state index contributed by atoms with van der Waals surface area (Å²) in [6.07, 6.45) is 2.27. The molecule has 0 saturated carbocycles. The minimum atomic E-state index is 0.0848. The molecule has 0 atom stereocenters. The fourth-order valence-corrected chi connectivity index (χ4v) is 2.78. The number of amides is 1. The Hall–Kier alpha value is -1.32. The first-order valence-corrected chi connectivity index (χ1v) is 7.54. The van der Waals surface area contributed by atoms with E-state index >= 15 is 0 Å². The molecule has 0 spiro atoms. The predicted octanol–water partition coefficient (Wildman–Crippen LogP) is 3.69. The minimum absolute atomic E-state index is 0.0848. The largest absolute Gasteiger partial charge is 0.356 e. The highest BCUT2D eigenvalue weighted by Gasteiger charge is 2.04. The number of carbonyl (C=O) groups is 1. The van der Waals surface area contributed by atoms with Crippen LogP contribution in [-0.4, -0.2) is 12.5 Å². The van der Waals surface area contributed by atoms with Crippen LogP contribution in [0.25, 0.3) is 0 Å². The summed E-state index contributed by atoms with van der Waals surface area (Å²) in [7, 11) is 0. The van der Waals surface area contributed by atoms with Crippen molar-refractivity contribution in [3.8, 4) is 0 Å². The van der Waals surface area contributed by atoms with Gasteiger partial charge in [0.15, 0.2) is 0 Å². The number of carbonyl (C=O) groups excluding carboxylic acids is 1. The van der Waals surface area contributed by atoms with Crippen LogP contribution < -0.4 is 5.32 Å². The first kappa shape index (κ1) is 14.1. The molecule has 0 bridgehead atoms. The molecule has 0 aliphatic carbocycles. The molecule has 2 aromatic rings. The highest BCUT2D eigenvalue weighted by Crippen LogP contribution is 2.16. The summed E-state index contributed by atoms with van der Waals surface area (Å²) in [5, 5.41) is 5.72. The molecule has 4 heteroatoms. The molecule has 2 rings (SSSR count). The average molecular weight is 294 g/mol. The van der Waals surface area contributed by atoms with Crippen LogP contribution in [0.5, 0.6) is 0 Å². The molecule has 1 aromatic heterocycles. The molecule has 1 N–H and O–H groups in total. The van der Waals surface area contributed by atoms with Crippen molar-refractivity contribution in [2.45, 2.75) is 19.3 Å². The fourth-order valence-electron chi connectivity index (χ4n) is 1.84. The molecule has 0 aliphatic rings. The standard InChI is InChI=1S/C15H16ClNOS/c16-14-8-2-1-5-12(14)6-3-9-17-15(18)11-13-7-4-10-19-13/h1-2,4-5,7-8,10H,3,6,9,11H2,(H,17,18). The first-order valence-electron chi connectivity index (χ1n) is 6.28. The number of nitrogens with one attached hydrogen (secondary N) is 1. The quantitative estimate of drug-likeness (QED) is 0.809. The van der Waals surface area contributed by atoms with E-state index in [1.54, 1.807) is 11.3 Å². The Morgan fingerprint density at radius 3 is 2.79 bits per heavy atom. The summed E-state index contributed by atoms with van der Waals surface area (Å²) >= 11 is 7.69. The van der Waals surface area contributed by atoms with E-state index in [1.165, 1.54) is 0 Å². The highest BCUT2D eigenvalue weighted by molar-refractivity contribution is 7.10. The Bertz CT molecular complexity index is 525. The van der Waals surface area contributed by atoms with Crippen LogP contribution in [0.1, 0.15) is 16.9 Å². The van der Waals surface area contributed by atoms with E-state index in [1.807, 2.05) is 41.8 Å². The lowest BCUT2D eigenvalue weighted by Crippen LogP contribution is -2.26. The maximum Gasteiger partial charge on any atom is 0.225 e. The summed E-state index contributed by atoms with van der Waals surface area (Å²) in [5.74, 6) is 0.0848. The molecule has 2 nitrogen and oxygen atoms in total. The van der Waals surface area contributed by atoms with Crippen molar-refractivity contribution >= 4 is 28.8 Å². The van der Waals surface area contributed by atoms with Crippen LogP contribution in [0.3, 0.4) is 0 Å². The van der Waals surface area contributed by atoms with Crippen LogP contribution in [0.15, 0.2) is 41.8 Å². The molecule has 0 radical (unpaired) electrons. The number of benzene rings is 1. The zero-order valence-corrected chi connectivity index (χ0v) is 12.1. The van der Waals surface area contributed by atoms with Gasteiger partial charge in [-0.3, -0.25) is 4.79 Å². The molecule has 0 unspecified atom stereocenters. The van der Waals surface area contributed by atoms with Gasteiger partial charge in [-0.15, -0.1) is 11.3 Å². The zero-order chi connectivity index (χ0) is 13.5. The second kappa shape index (κ2) is 7.31. The molecule has 1 heterocycles. The van der Waals surface area contributed by atoms with Gasteiger partial charge in [0, 0.05) is 16.4 Å². The van der Waals surface area contributed by atoms with Gasteiger partial charge in [-0.1, -0.05) is 35.9 Å². The average Bonchev–Trinajstić information content (AvgIpc) is 2.89. The summed E-state index contributed by atoms with van der Waals surface area (Å²) < 4.78 is 0. The Balaban J connectivity index is 1.67. The van der Waals surface area contributed by atoms with Crippen molar-refractivity contribution in [1.29, 1.82) is 0 Å². The van der Waals surface area contributed by atoms with E-state index in [0.717, 1.165) is 28.3 Å². The van der Waals surface area contributed by atoms with E-state index in [-0.39, 0.29) is 5.91 Å². The predicted molar refractivity (Wildman–Crippen MR) is 80.8 cm³/mol. The van der Waals surface area contributed by atoms with Gasteiger partial charge in [-0.25, -0.2) is 0 Å². The van der Waals surface area contributed by atoms with Gasteiger partial charge >= 0.3 is 0 Å². The van der Waals surface area contributed by atoms with Gasteiger partial charge in [-0.2, -0.15) is 0 Å². The number of thiophene rings is 1. The van der Waals surface area contributed by atoms with Gasteiger partial charge in [0.2, 0.25) is 5.91 Å². The van der Waals surface area contributed by atoms with Crippen LogP contribution in [0, 0.1) is 0 Å². The van der Waals surface area contributed by atoms with Crippen LogP contribution >= 0.6 is 22.9 Å². The van der Waals surface area contributed by atoms with Gasteiger partial charge in [0.05, 0.1) is 6.42 Å². The molecule has 19 heavy (non-hydrogen) atoms. The highest BCUT2D eigenvalue weighted by atomic mass is 35.5. The monoisotopic (exact) mass is 293 g/mol. The number of rotatable bonds is 6. The minimum Gasteiger partial charge on any atom is -0.356 e. The second-order valence-electron chi connectivity index (χ2n) is 4.30. The van der Waals surface area contributed by atoms with Gasteiger partial charge in [0.25, 0.3) is 0 Å². The summed E-state index contributed by atoms with van der Waals surface area (Å²) in [6, 6.07) is 11.8. The second-order valence-corrected chi connectivity index (χ2v) is 5.74. The van der Waals surface area contributed by atoms with Gasteiger partial charge < -0.3 is 5.32 Å². The van der Waals surface area contributed by atoms with Crippen molar-refractivity contribution in [2.75, 3.05) is 6.54 Å². The topological polar surface area (TPSA) is 29.1 Å². The smallest absolute Gasteiger partial charge is 0.225 e.